The lowest BCUT2D eigenvalue weighted by Crippen LogP contribution is -2.59. The Bertz CT molecular complexity index is 517. The highest BCUT2D eigenvalue weighted by Gasteiger charge is 2.46. The molecule has 1 amide bonds. The predicted molar refractivity (Wildman–Crippen MR) is 80.5 cm³/mol. The van der Waals surface area contributed by atoms with Crippen molar-refractivity contribution >= 4 is 11.6 Å². The highest BCUT2D eigenvalue weighted by molar-refractivity contribution is 5.86. The van der Waals surface area contributed by atoms with Crippen molar-refractivity contribution in [1.82, 2.24) is 4.90 Å². The second-order valence-corrected chi connectivity index (χ2v) is 6.31. The Morgan fingerprint density at radius 3 is 2.29 bits per heavy atom. The largest absolute Gasteiger partial charge is 0.368 e. The lowest BCUT2D eigenvalue weighted by molar-refractivity contribution is -0.137. The van der Waals surface area contributed by atoms with Gasteiger partial charge in [-0.25, -0.2) is 4.39 Å². The van der Waals surface area contributed by atoms with Crippen LogP contribution >= 0.6 is 0 Å². The zero-order valence-corrected chi connectivity index (χ0v) is 12.4. The van der Waals surface area contributed by atoms with Crippen molar-refractivity contribution in [2.75, 3.05) is 31.1 Å². The molecule has 0 aromatic heterocycles. The fourth-order valence-corrected chi connectivity index (χ4v) is 3.02. The molecule has 1 heterocycles. The zero-order chi connectivity index (χ0) is 15.0. The molecule has 1 saturated carbocycles. The number of hydrogen-bond acceptors (Lipinski definition) is 3. The molecular formula is C16H22FN3O. The maximum Gasteiger partial charge on any atom is 0.242 e. The molecule has 1 aliphatic carbocycles. The normalized spacial score (nSPS) is 22.0. The van der Waals surface area contributed by atoms with Gasteiger partial charge in [-0.05, 0) is 49.9 Å². The number of nitrogens with zero attached hydrogens (tertiary/aromatic N) is 2. The minimum atomic E-state index is -0.710. The number of benzene rings is 1. The minimum Gasteiger partial charge on any atom is -0.368 e. The van der Waals surface area contributed by atoms with Gasteiger partial charge in [0.15, 0.2) is 0 Å². The molecule has 21 heavy (non-hydrogen) atoms. The first-order valence-corrected chi connectivity index (χ1v) is 7.57. The van der Waals surface area contributed by atoms with Gasteiger partial charge >= 0.3 is 0 Å². The monoisotopic (exact) mass is 291 g/mol. The van der Waals surface area contributed by atoms with Crippen molar-refractivity contribution < 1.29 is 9.18 Å². The molecule has 0 unspecified atom stereocenters. The molecule has 0 radical (unpaired) electrons. The van der Waals surface area contributed by atoms with E-state index in [0.29, 0.717) is 19.0 Å². The Kier molecular flexibility index (Phi) is 3.61. The van der Waals surface area contributed by atoms with Gasteiger partial charge in [0.25, 0.3) is 0 Å². The molecule has 114 valence electrons. The maximum absolute atomic E-state index is 12.9. The summed E-state index contributed by atoms with van der Waals surface area (Å²) in [5, 5.41) is 0. The van der Waals surface area contributed by atoms with Crippen LogP contribution in [-0.4, -0.2) is 42.5 Å². The number of carbonyl (C=O) groups excluding carboxylic acids is 1. The topological polar surface area (TPSA) is 49.6 Å². The Morgan fingerprint density at radius 1 is 1.19 bits per heavy atom. The average molecular weight is 291 g/mol. The lowest BCUT2D eigenvalue weighted by Gasteiger charge is -2.39. The number of hydrogen-bond donors (Lipinski definition) is 1. The standard InChI is InChI=1S/C16H22FN3O/c1-16(18,12-2-3-12)15(21)20-10-8-19(9-11-20)14-6-4-13(17)5-7-14/h4-7,12H,2-3,8-11,18H2,1H3/t16-/m1/s1. The van der Waals surface area contributed by atoms with Crippen LogP contribution in [0.3, 0.4) is 0 Å². The van der Waals surface area contributed by atoms with E-state index in [2.05, 4.69) is 4.90 Å². The van der Waals surface area contributed by atoms with E-state index >= 15 is 0 Å². The highest BCUT2D eigenvalue weighted by atomic mass is 19.1. The summed E-state index contributed by atoms with van der Waals surface area (Å²) in [7, 11) is 0. The summed E-state index contributed by atoms with van der Waals surface area (Å²) >= 11 is 0. The number of rotatable bonds is 3. The molecular weight excluding hydrogens is 269 g/mol. The smallest absolute Gasteiger partial charge is 0.242 e. The lowest BCUT2D eigenvalue weighted by atomic mass is 9.95. The summed E-state index contributed by atoms with van der Waals surface area (Å²) < 4.78 is 12.9. The van der Waals surface area contributed by atoms with Crippen molar-refractivity contribution in [2.45, 2.75) is 25.3 Å². The van der Waals surface area contributed by atoms with Crippen LogP contribution in [0.15, 0.2) is 24.3 Å². The molecule has 1 aromatic rings. The predicted octanol–water partition coefficient (Wildman–Crippen LogP) is 1.60. The van der Waals surface area contributed by atoms with Crippen molar-refractivity contribution in [3.8, 4) is 0 Å². The number of halogens is 1. The quantitative estimate of drug-likeness (QED) is 0.920. The minimum absolute atomic E-state index is 0.0729. The molecule has 3 rings (SSSR count). The molecule has 2 N–H and O–H groups in total. The van der Waals surface area contributed by atoms with Crippen LogP contribution in [0.5, 0.6) is 0 Å². The number of nitrogens with two attached hydrogens (primary N) is 1. The first-order valence-electron chi connectivity index (χ1n) is 7.57. The van der Waals surface area contributed by atoms with Crippen LogP contribution in [0.25, 0.3) is 0 Å². The zero-order valence-electron chi connectivity index (χ0n) is 12.4. The Balaban J connectivity index is 1.60. The number of amides is 1. The van der Waals surface area contributed by atoms with E-state index < -0.39 is 5.54 Å². The molecule has 2 aliphatic rings. The fraction of sp³-hybridized carbons (Fsp3) is 0.562. The molecule has 0 spiro atoms. The molecule has 1 atom stereocenters. The third-order valence-electron chi connectivity index (χ3n) is 4.64. The second-order valence-electron chi connectivity index (χ2n) is 6.31. The van der Waals surface area contributed by atoms with Gasteiger partial charge in [0.05, 0.1) is 5.54 Å². The van der Waals surface area contributed by atoms with Crippen LogP contribution in [0.2, 0.25) is 0 Å². The summed E-state index contributed by atoms with van der Waals surface area (Å²) in [5.41, 5.74) is 6.50. The van der Waals surface area contributed by atoms with Gasteiger partial charge in [-0.15, -0.1) is 0 Å². The number of carbonyl (C=O) groups is 1. The third-order valence-corrected chi connectivity index (χ3v) is 4.64. The molecule has 1 aliphatic heterocycles. The SMILES string of the molecule is C[C@](N)(C(=O)N1CCN(c2ccc(F)cc2)CC1)C1CC1. The van der Waals surface area contributed by atoms with Crippen molar-refractivity contribution in [3.05, 3.63) is 30.1 Å². The summed E-state index contributed by atoms with van der Waals surface area (Å²) in [4.78, 5) is 16.6. The van der Waals surface area contributed by atoms with Gasteiger partial charge in [0, 0.05) is 31.9 Å². The van der Waals surface area contributed by atoms with Crippen molar-refractivity contribution in [2.24, 2.45) is 11.7 Å². The highest BCUT2D eigenvalue weighted by Crippen LogP contribution is 2.39. The third kappa shape index (κ3) is 2.88. The van der Waals surface area contributed by atoms with Crippen LogP contribution < -0.4 is 10.6 Å². The molecule has 0 bridgehead atoms. The second kappa shape index (κ2) is 5.30. The molecule has 4 nitrogen and oxygen atoms in total. The summed E-state index contributed by atoms with van der Waals surface area (Å²) in [5.74, 6) is 0.194. The van der Waals surface area contributed by atoms with E-state index in [-0.39, 0.29) is 11.7 Å². The summed E-state index contributed by atoms with van der Waals surface area (Å²) in [6, 6.07) is 6.50. The molecule has 1 saturated heterocycles. The summed E-state index contributed by atoms with van der Waals surface area (Å²) in [6.45, 7) is 4.74. The van der Waals surface area contributed by atoms with E-state index in [1.807, 2.05) is 11.8 Å². The van der Waals surface area contributed by atoms with Crippen molar-refractivity contribution in [3.63, 3.8) is 0 Å². The van der Waals surface area contributed by atoms with E-state index in [1.54, 1.807) is 12.1 Å². The van der Waals surface area contributed by atoms with Crippen LogP contribution in [0.4, 0.5) is 10.1 Å². The Hall–Kier alpha value is -1.62. The van der Waals surface area contributed by atoms with Gasteiger partial charge in [-0.2, -0.15) is 0 Å². The van der Waals surface area contributed by atoms with E-state index in [9.17, 15) is 9.18 Å². The fourth-order valence-electron chi connectivity index (χ4n) is 3.02. The molecule has 5 heteroatoms. The van der Waals surface area contributed by atoms with Crippen LogP contribution in [0.1, 0.15) is 19.8 Å². The van der Waals surface area contributed by atoms with Gasteiger partial charge in [-0.3, -0.25) is 4.79 Å². The average Bonchev–Trinajstić information content (AvgIpc) is 3.32. The summed E-state index contributed by atoms with van der Waals surface area (Å²) in [6.07, 6.45) is 2.13. The molecule has 1 aromatic carbocycles. The Labute approximate surface area is 124 Å². The maximum atomic E-state index is 12.9. The first kappa shape index (κ1) is 14.3. The van der Waals surface area contributed by atoms with E-state index in [1.165, 1.54) is 12.1 Å². The molecule has 2 fully saturated rings. The first-order chi connectivity index (χ1) is 9.98. The Morgan fingerprint density at radius 2 is 1.76 bits per heavy atom. The van der Waals surface area contributed by atoms with E-state index in [4.69, 9.17) is 5.73 Å². The van der Waals surface area contributed by atoms with E-state index in [0.717, 1.165) is 31.6 Å². The van der Waals surface area contributed by atoms with Gasteiger partial charge < -0.3 is 15.5 Å². The van der Waals surface area contributed by atoms with Gasteiger partial charge in [0.1, 0.15) is 5.82 Å². The van der Waals surface area contributed by atoms with Crippen molar-refractivity contribution in [1.29, 1.82) is 0 Å². The van der Waals surface area contributed by atoms with Crippen LogP contribution in [0, 0.1) is 11.7 Å². The van der Waals surface area contributed by atoms with Gasteiger partial charge in [0.2, 0.25) is 5.91 Å². The number of anilines is 1. The van der Waals surface area contributed by atoms with Crippen LogP contribution in [-0.2, 0) is 4.79 Å². The van der Waals surface area contributed by atoms with Gasteiger partial charge in [-0.1, -0.05) is 0 Å². The number of piperazine rings is 1.